The lowest BCUT2D eigenvalue weighted by Crippen LogP contribution is -2.10. The highest BCUT2D eigenvalue weighted by Crippen LogP contribution is 2.37. The molecule has 0 unspecified atom stereocenters. The minimum atomic E-state index is -0.476. The summed E-state index contributed by atoms with van der Waals surface area (Å²) < 4.78 is 11.5. The molecule has 2 aromatic carbocycles. The molecule has 0 aliphatic heterocycles. The number of aryl methyl sites for hydroxylation is 1. The van der Waals surface area contributed by atoms with Crippen molar-refractivity contribution < 1.29 is 18.7 Å². The Morgan fingerprint density at radius 1 is 1.06 bits per heavy atom. The van der Waals surface area contributed by atoms with Gasteiger partial charge in [0, 0.05) is 32.4 Å². The first-order valence-corrected chi connectivity index (χ1v) is 10.9. The Balaban J connectivity index is 1.43. The summed E-state index contributed by atoms with van der Waals surface area (Å²) in [6, 6.07) is 16.8. The van der Waals surface area contributed by atoms with Crippen LogP contribution in [0.4, 0.5) is 11.5 Å². The van der Waals surface area contributed by atoms with E-state index in [9.17, 15) is 9.59 Å². The molecule has 164 valence electrons. The number of benzene rings is 2. The lowest BCUT2D eigenvalue weighted by molar-refractivity contribution is 0.0600. The van der Waals surface area contributed by atoms with Crippen molar-refractivity contribution in [3.63, 3.8) is 0 Å². The average Bonchev–Trinajstić information content (AvgIpc) is 3.42. The number of anilines is 2. The van der Waals surface area contributed by atoms with Gasteiger partial charge in [0.15, 0.2) is 5.76 Å². The number of aromatic nitrogens is 1. The zero-order valence-corrected chi connectivity index (χ0v) is 18.7. The van der Waals surface area contributed by atoms with Gasteiger partial charge in [0.2, 0.25) is 0 Å². The zero-order valence-electron chi connectivity index (χ0n) is 17.8. The normalized spacial score (nSPS) is 11.1. The summed E-state index contributed by atoms with van der Waals surface area (Å²) in [5.74, 6) is -0.225. The van der Waals surface area contributed by atoms with Crippen LogP contribution in [0.25, 0.3) is 31.5 Å². The maximum atomic E-state index is 12.7. The third-order valence-electron chi connectivity index (χ3n) is 5.28. The van der Waals surface area contributed by atoms with Crippen LogP contribution in [0.3, 0.4) is 0 Å². The molecule has 5 rings (SSSR count). The predicted molar refractivity (Wildman–Crippen MR) is 130 cm³/mol. The molecule has 0 radical (unpaired) electrons. The number of fused-ring (bicyclic) bond motifs is 2. The van der Waals surface area contributed by atoms with Crippen LogP contribution in [-0.2, 0) is 4.74 Å². The number of pyridine rings is 1. The highest BCUT2D eigenvalue weighted by atomic mass is 32.1. The molecule has 0 aliphatic rings. The molecule has 0 atom stereocenters. The van der Waals surface area contributed by atoms with E-state index in [1.54, 1.807) is 12.1 Å². The summed E-state index contributed by atoms with van der Waals surface area (Å²) in [7, 11) is 1.32. The molecule has 3 N–H and O–H groups in total. The molecule has 0 spiro atoms. The molecular formula is C25H19N3O4S. The van der Waals surface area contributed by atoms with Crippen LogP contribution in [0.5, 0.6) is 0 Å². The number of thiophene rings is 1. The first kappa shape index (κ1) is 20.7. The van der Waals surface area contributed by atoms with Gasteiger partial charge in [-0.3, -0.25) is 4.79 Å². The van der Waals surface area contributed by atoms with Crippen LogP contribution in [0, 0.1) is 6.92 Å². The molecule has 7 nitrogen and oxygen atoms in total. The molecule has 3 heterocycles. The van der Waals surface area contributed by atoms with E-state index >= 15 is 0 Å². The summed E-state index contributed by atoms with van der Waals surface area (Å²) in [6.07, 6.45) is 1.39. The number of nitrogens with one attached hydrogen (secondary N) is 1. The Morgan fingerprint density at radius 2 is 1.91 bits per heavy atom. The SMILES string of the molecule is COC(=O)c1cnc(N)c(-c2cc3cc(NC(=O)c4cc5ccc(C)cc5o4)ccc3s2)c1. The molecule has 0 bridgehead atoms. The largest absolute Gasteiger partial charge is 0.465 e. The van der Waals surface area contributed by atoms with Crippen LogP contribution >= 0.6 is 11.3 Å². The standard InChI is InChI=1S/C25H19N3O4S/c1-13-3-4-14-10-20(32-19(14)7-13)24(29)28-17-5-6-21-15(8-17)11-22(33-21)18-9-16(25(30)31-2)12-27-23(18)26/h3-12H,1-2H3,(H2,26,27)(H,28,29). The zero-order chi connectivity index (χ0) is 23.1. The van der Waals surface area contributed by atoms with E-state index in [1.165, 1.54) is 24.6 Å². The van der Waals surface area contributed by atoms with E-state index in [0.29, 0.717) is 28.2 Å². The molecule has 8 heteroatoms. The van der Waals surface area contributed by atoms with Gasteiger partial charge in [0.05, 0.1) is 12.7 Å². The first-order chi connectivity index (χ1) is 15.9. The first-order valence-electron chi connectivity index (χ1n) is 10.1. The molecule has 0 saturated carbocycles. The summed E-state index contributed by atoms with van der Waals surface area (Å²) >= 11 is 1.52. The van der Waals surface area contributed by atoms with Gasteiger partial charge in [-0.2, -0.15) is 0 Å². The van der Waals surface area contributed by atoms with Gasteiger partial charge in [-0.05, 0) is 60.3 Å². The number of hydrogen-bond donors (Lipinski definition) is 2. The molecule has 0 saturated heterocycles. The Labute approximate surface area is 192 Å². The summed E-state index contributed by atoms with van der Waals surface area (Å²) in [4.78, 5) is 29.6. The van der Waals surface area contributed by atoms with Crippen LogP contribution in [-0.4, -0.2) is 24.0 Å². The van der Waals surface area contributed by atoms with E-state index in [1.807, 2.05) is 49.4 Å². The molecule has 0 aliphatic carbocycles. The number of furan rings is 1. The lowest BCUT2D eigenvalue weighted by atomic mass is 10.1. The Morgan fingerprint density at radius 3 is 2.73 bits per heavy atom. The van der Waals surface area contributed by atoms with E-state index in [-0.39, 0.29) is 11.7 Å². The fourth-order valence-corrected chi connectivity index (χ4v) is 4.67. The second kappa shape index (κ2) is 8.07. The van der Waals surface area contributed by atoms with Crippen molar-refractivity contribution in [3.8, 4) is 10.4 Å². The van der Waals surface area contributed by atoms with Gasteiger partial charge in [-0.1, -0.05) is 12.1 Å². The minimum Gasteiger partial charge on any atom is -0.465 e. The number of methoxy groups -OCH3 is 1. The van der Waals surface area contributed by atoms with E-state index in [2.05, 4.69) is 10.3 Å². The number of rotatable bonds is 4. The van der Waals surface area contributed by atoms with Gasteiger partial charge in [-0.15, -0.1) is 11.3 Å². The number of nitrogen functional groups attached to an aromatic ring is 1. The summed E-state index contributed by atoms with van der Waals surface area (Å²) in [6.45, 7) is 1.97. The summed E-state index contributed by atoms with van der Waals surface area (Å²) in [5, 5.41) is 4.70. The predicted octanol–water partition coefficient (Wildman–Crippen LogP) is 5.64. The smallest absolute Gasteiger partial charge is 0.339 e. The van der Waals surface area contributed by atoms with Gasteiger partial charge >= 0.3 is 5.97 Å². The van der Waals surface area contributed by atoms with Crippen molar-refractivity contribution in [2.24, 2.45) is 0 Å². The average molecular weight is 458 g/mol. The quantitative estimate of drug-likeness (QED) is 0.338. The Kier molecular flexibility index (Phi) is 5.07. The van der Waals surface area contributed by atoms with E-state index in [4.69, 9.17) is 14.9 Å². The molecule has 3 aromatic heterocycles. The van der Waals surface area contributed by atoms with Crippen LogP contribution < -0.4 is 11.1 Å². The van der Waals surface area contributed by atoms with Crippen molar-refractivity contribution in [1.82, 2.24) is 4.98 Å². The van der Waals surface area contributed by atoms with Crippen LogP contribution in [0.15, 0.2) is 65.2 Å². The molecule has 5 aromatic rings. The van der Waals surface area contributed by atoms with Crippen molar-refractivity contribution in [1.29, 1.82) is 0 Å². The van der Waals surface area contributed by atoms with Gasteiger partial charge in [0.25, 0.3) is 5.91 Å². The highest BCUT2D eigenvalue weighted by molar-refractivity contribution is 7.22. The molecular weight excluding hydrogens is 438 g/mol. The Hall–Kier alpha value is -4.17. The lowest BCUT2D eigenvalue weighted by Gasteiger charge is -2.04. The fourth-order valence-electron chi connectivity index (χ4n) is 3.60. The maximum absolute atomic E-state index is 12.7. The second-order valence-corrected chi connectivity index (χ2v) is 8.70. The van der Waals surface area contributed by atoms with Gasteiger partial charge < -0.3 is 20.2 Å². The number of ether oxygens (including phenoxy) is 1. The highest BCUT2D eigenvalue weighted by Gasteiger charge is 2.16. The number of carbonyl (C=O) groups is 2. The van der Waals surface area contributed by atoms with Crippen molar-refractivity contribution in [3.05, 3.63) is 77.7 Å². The summed E-state index contributed by atoms with van der Waals surface area (Å²) in [5.41, 5.74) is 9.43. The molecule has 1 amide bonds. The molecule has 0 fully saturated rings. The van der Waals surface area contributed by atoms with Crippen molar-refractivity contribution in [2.45, 2.75) is 6.92 Å². The fraction of sp³-hybridized carbons (Fsp3) is 0.0800. The van der Waals surface area contributed by atoms with E-state index in [0.717, 1.165) is 25.9 Å². The number of carbonyl (C=O) groups excluding carboxylic acids is 2. The van der Waals surface area contributed by atoms with Crippen LogP contribution in [0.2, 0.25) is 0 Å². The van der Waals surface area contributed by atoms with Gasteiger partial charge in [-0.25, -0.2) is 9.78 Å². The van der Waals surface area contributed by atoms with Crippen LogP contribution in [0.1, 0.15) is 26.5 Å². The monoisotopic (exact) mass is 457 g/mol. The Bertz CT molecular complexity index is 1550. The number of amides is 1. The topological polar surface area (TPSA) is 107 Å². The van der Waals surface area contributed by atoms with Crippen molar-refractivity contribution >= 4 is 55.8 Å². The maximum Gasteiger partial charge on any atom is 0.339 e. The third-order valence-corrected chi connectivity index (χ3v) is 6.43. The van der Waals surface area contributed by atoms with E-state index < -0.39 is 5.97 Å². The number of nitrogens with zero attached hydrogens (tertiary/aromatic N) is 1. The number of esters is 1. The minimum absolute atomic E-state index is 0.250. The van der Waals surface area contributed by atoms with Crippen molar-refractivity contribution in [2.75, 3.05) is 18.2 Å². The molecule has 33 heavy (non-hydrogen) atoms. The van der Waals surface area contributed by atoms with Gasteiger partial charge in [0.1, 0.15) is 11.4 Å². The second-order valence-electron chi connectivity index (χ2n) is 7.62. The number of hydrogen-bond acceptors (Lipinski definition) is 7. The number of nitrogens with two attached hydrogens (primary N) is 1. The third kappa shape index (κ3) is 3.92.